The Hall–Kier alpha value is -0.740. The molecular formula is C15H23FN2S. The van der Waals surface area contributed by atoms with Crippen LogP contribution in [0.5, 0.6) is 0 Å². The van der Waals surface area contributed by atoms with E-state index < -0.39 is 0 Å². The Morgan fingerprint density at radius 3 is 2.26 bits per heavy atom. The Bertz CT molecular complexity index is 361. The number of halogens is 1. The smallest absolute Gasteiger partial charge is 0.123 e. The van der Waals surface area contributed by atoms with E-state index in [1.165, 1.54) is 25.8 Å². The molecule has 0 radical (unpaired) electrons. The van der Waals surface area contributed by atoms with E-state index in [2.05, 4.69) is 22.4 Å². The van der Waals surface area contributed by atoms with Crippen LogP contribution in [-0.2, 0) is 0 Å². The minimum absolute atomic E-state index is 0.161. The zero-order chi connectivity index (χ0) is 13.5. The van der Waals surface area contributed by atoms with Gasteiger partial charge in [-0.25, -0.2) is 4.39 Å². The fraction of sp³-hybridized carbons (Fsp3) is 0.600. The Labute approximate surface area is 121 Å². The zero-order valence-electron chi connectivity index (χ0n) is 11.4. The number of rotatable bonds is 6. The van der Waals surface area contributed by atoms with Gasteiger partial charge < -0.3 is 4.90 Å². The summed E-state index contributed by atoms with van der Waals surface area (Å²) in [6.07, 6.45) is 3.78. The fourth-order valence-corrected chi connectivity index (χ4v) is 2.73. The van der Waals surface area contributed by atoms with Crippen LogP contribution in [0.4, 0.5) is 10.1 Å². The molecule has 0 aliphatic carbocycles. The van der Waals surface area contributed by atoms with E-state index >= 15 is 0 Å². The zero-order valence-corrected chi connectivity index (χ0v) is 12.3. The molecule has 0 bridgehead atoms. The predicted molar refractivity (Wildman–Crippen MR) is 82.8 cm³/mol. The highest BCUT2D eigenvalue weighted by atomic mass is 32.1. The minimum Gasteiger partial charge on any atom is -0.369 e. The van der Waals surface area contributed by atoms with Crippen molar-refractivity contribution in [2.75, 3.05) is 43.4 Å². The molecule has 1 aliphatic heterocycles. The summed E-state index contributed by atoms with van der Waals surface area (Å²) in [7, 11) is 0. The van der Waals surface area contributed by atoms with Crippen molar-refractivity contribution < 1.29 is 4.39 Å². The maximum absolute atomic E-state index is 12.9. The Kier molecular flexibility index (Phi) is 5.98. The number of anilines is 1. The summed E-state index contributed by atoms with van der Waals surface area (Å²) < 4.78 is 12.9. The van der Waals surface area contributed by atoms with Gasteiger partial charge in [-0.1, -0.05) is 6.42 Å². The van der Waals surface area contributed by atoms with Gasteiger partial charge >= 0.3 is 0 Å². The summed E-state index contributed by atoms with van der Waals surface area (Å²) in [5.41, 5.74) is 1.14. The lowest BCUT2D eigenvalue weighted by Gasteiger charge is -2.36. The summed E-state index contributed by atoms with van der Waals surface area (Å²) >= 11 is 4.23. The van der Waals surface area contributed by atoms with E-state index in [1.54, 1.807) is 12.1 Å². The number of thiol groups is 1. The van der Waals surface area contributed by atoms with Crippen molar-refractivity contribution in [3.63, 3.8) is 0 Å². The summed E-state index contributed by atoms with van der Waals surface area (Å²) in [5, 5.41) is 0. The molecule has 2 rings (SSSR count). The number of benzene rings is 1. The molecule has 0 atom stereocenters. The van der Waals surface area contributed by atoms with E-state index in [-0.39, 0.29) is 5.82 Å². The van der Waals surface area contributed by atoms with Gasteiger partial charge in [-0.05, 0) is 49.4 Å². The average molecular weight is 282 g/mol. The van der Waals surface area contributed by atoms with Crippen LogP contribution >= 0.6 is 12.6 Å². The van der Waals surface area contributed by atoms with Crippen molar-refractivity contribution in [1.82, 2.24) is 4.90 Å². The number of piperazine rings is 1. The summed E-state index contributed by atoms with van der Waals surface area (Å²) in [6.45, 7) is 5.50. The van der Waals surface area contributed by atoms with E-state index in [0.29, 0.717) is 0 Å². The quantitative estimate of drug-likeness (QED) is 0.633. The maximum atomic E-state index is 12.9. The molecule has 4 heteroatoms. The summed E-state index contributed by atoms with van der Waals surface area (Å²) in [5.74, 6) is 0.838. The van der Waals surface area contributed by atoms with E-state index in [1.807, 2.05) is 12.1 Å². The third-order valence-corrected chi connectivity index (χ3v) is 4.01. The molecule has 1 aliphatic rings. The second kappa shape index (κ2) is 7.75. The van der Waals surface area contributed by atoms with Gasteiger partial charge in [0.15, 0.2) is 0 Å². The first-order valence-electron chi connectivity index (χ1n) is 7.13. The molecule has 1 fully saturated rings. The number of hydrogen-bond acceptors (Lipinski definition) is 3. The summed E-state index contributed by atoms with van der Waals surface area (Å²) in [6, 6.07) is 6.83. The van der Waals surface area contributed by atoms with Crippen molar-refractivity contribution in [3.05, 3.63) is 30.1 Å². The molecule has 0 unspecified atom stereocenters. The van der Waals surface area contributed by atoms with Crippen LogP contribution in [0.15, 0.2) is 24.3 Å². The highest BCUT2D eigenvalue weighted by Gasteiger charge is 2.16. The van der Waals surface area contributed by atoms with Crippen LogP contribution in [0.2, 0.25) is 0 Å². The largest absolute Gasteiger partial charge is 0.369 e. The molecule has 1 aromatic rings. The second-order valence-electron chi connectivity index (χ2n) is 5.09. The normalized spacial score (nSPS) is 16.8. The third kappa shape index (κ3) is 4.69. The van der Waals surface area contributed by atoms with Crippen molar-refractivity contribution in [2.45, 2.75) is 19.3 Å². The van der Waals surface area contributed by atoms with Gasteiger partial charge in [-0.15, -0.1) is 0 Å². The van der Waals surface area contributed by atoms with Crippen molar-refractivity contribution in [3.8, 4) is 0 Å². The molecule has 1 saturated heterocycles. The molecule has 2 nitrogen and oxygen atoms in total. The summed E-state index contributed by atoms with van der Waals surface area (Å²) in [4.78, 5) is 4.86. The molecule has 106 valence electrons. The first-order chi connectivity index (χ1) is 9.29. The van der Waals surface area contributed by atoms with Gasteiger partial charge in [0, 0.05) is 31.9 Å². The number of hydrogen-bond donors (Lipinski definition) is 1. The topological polar surface area (TPSA) is 6.48 Å². The lowest BCUT2D eigenvalue weighted by molar-refractivity contribution is 0.253. The predicted octanol–water partition coefficient (Wildman–Crippen LogP) is 3.05. The van der Waals surface area contributed by atoms with Gasteiger partial charge in [-0.2, -0.15) is 12.6 Å². The molecule has 19 heavy (non-hydrogen) atoms. The Morgan fingerprint density at radius 1 is 0.947 bits per heavy atom. The van der Waals surface area contributed by atoms with Crippen LogP contribution < -0.4 is 4.90 Å². The Balaban J connectivity index is 1.71. The van der Waals surface area contributed by atoms with E-state index in [9.17, 15) is 4.39 Å². The second-order valence-corrected chi connectivity index (χ2v) is 5.54. The third-order valence-electron chi connectivity index (χ3n) is 3.70. The molecule has 0 spiro atoms. The highest BCUT2D eigenvalue weighted by molar-refractivity contribution is 7.80. The van der Waals surface area contributed by atoms with Gasteiger partial charge in [0.25, 0.3) is 0 Å². The SMILES string of the molecule is Fc1ccc(N2CCN(CCCCCS)CC2)cc1. The molecule has 1 heterocycles. The lowest BCUT2D eigenvalue weighted by atomic mass is 10.2. The van der Waals surface area contributed by atoms with Gasteiger partial charge in [-0.3, -0.25) is 4.90 Å². The maximum Gasteiger partial charge on any atom is 0.123 e. The first-order valence-corrected chi connectivity index (χ1v) is 7.76. The Morgan fingerprint density at radius 2 is 1.63 bits per heavy atom. The molecule has 0 N–H and O–H groups in total. The molecular weight excluding hydrogens is 259 g/mol. The van der Waals surface area contributed by atoms with Crippen LogP contribution in [0.25, 0.3) is 0 Å². The van der Waals surface area contributed by atoms with Crippen LogP contribution in [0.1, 0.15) is 19.3 Å². The van der Waals surface area contributed by atoms with Crippen molar-refractivity contribution >= 4 is 18.3 Å². The highest BCUT2D eigenvalue weighted by Crippen LogP contribution is 2.17. The van der Waals surface area contributed by atoms with E-state index in [0.717, 1.165) is 37.6 Å². The molecule has 0 aromatic heterocycles. The van der Waals surface area contributed by atoms with Crippen LogP contribution in [0.3, 0.4) is 0 Å². The molecule has 1 aromatic carbocycles. The van der Waals surface area contributed by atoms with Gasteiger partial charge in [0.2, 0.25) is 0 Å². The van der Waals surface area contributed by atoms with Gasteiger partial charge in [0.1, 0.15) is 5.82 Å². The van der Waals surface area contributed by atoms with Crippen molar-refractivity contribution in [2.24, 2.45) is 0 Å². The number of unbranched alkanes of at least 4 members (excludes halogenated alkanes) is 2. The van der Waals surface area contributed by atoms with Gasteiger partial charge in [0.05, 0.1) is 0 Å². The average Bonchev–Trinajstić information content (AvgIpc) is 2.45. The standard InChI is InChI=1S/C15H23FN2S/c16-14-4-6-15(7-5-14)18-11-9-17(10-12-18)8-2-1-3-13-19/h4-7,19H,1-3,8-13H2. The van der Waals surface area contributed by atoms with Crippen molar-refractivity contribution in [1.29, 1.82) is 0 Å². The minimum atomic E-state index is -0.161. The fourth-order valence-electron chi connectivity index (χ4n) is 2.51. The lowest BCUT2D eigenvalue weighted by Crippen LogP contribution is -2.46. The first kappa shape index (κ1) is 14.7. The van der Waals surface area contributed by atoms with E-state index in [4.69, 9.17) is 0 Å². The number of nitrogens with zero attached hydrogens (tertiary/aromatic N) is 2. The van der Waals surface area contributed by atoms with Crippen LogP contribution in [0, 0.1) is 5.82 Å². The molecule has 0 amide bonds. The van der Waals surface area contributed by atoms with Crippen LogP contribution in [-0.4, -0.2) is 43.4 Å². The monoisotopic (exact) mass is 282 g/mol. The molecule has 0 saturated carbocycles.